The monoisotopic (exact) mass is 608 g/mol. The van der Waals surface area contributed by atoms with E-state index in [-0.39, 0.29) is 5.91 Å². The van der Waals surface area contributed by atoms with E-state index in [1.807, 2.05) is 49.4 Å². The molecule has 0 saturated carbocycles. The number of hydrogen-bond acceptors (Lipinski definition) is 5. The molecule has 0 fully saturated rings. The molecule has 0 radical (unpaired) electrons. The summed E-state index contributed by atoms with van der Waals surface area (Å²) in [6.07, 6.45) is 1.55. The van der Waals surface area contributed by atoms with Gasteiger partial charge in [0, 0.05) is 8.04 Å². The SMILES string of the molecule is CCOc1cc(/C=N\NC(=O)c2cc(Br)ccc2OC)ccc1OCc1ccc(I)cc1. The van der Waals surface area contributed by atoms with E-state index in [0.29, 0.717) is 36.0 Å². The minimum absolute atomic E-state index is 0.373. The van der Waals surface area contributed by atoms with Gasteiger partial charge in [-0.2, -0.15) is 5.10 Å². The molecule has 166 valence electrons. The number of methoxy groups -OCH3 is 1. The lowest BCUT2D eigenvalue weighted by Gasteiger charge is -2.13. The lowest BCUT2D eigenvalue weighted by molar-refractivity contribution is 0.0952. The Bertz CT molecular complexity index is 1100. The molecule has 0 heterocycles. The Kier molecular flexibility index (Phi) is 8.92. The molecule has 32 heavy (non-hydrogen) atoms. The second-order valence-corrected chi connectivity index (χ2v) is 8.76. The Morgan fingerprint density at radius 3 is 2.50 bits per heavy atom. The van der Waals surface area contributed by atoms with Crippen LogP contribution < -0.4 is 19.6 Å². The zero-order valence-corrected chi connectivity index (χ0v) is 21.3. The Balaban J connectivity index is 1.68. The first kappa shape index (κ1) is 24.1. The Hall–Kier alpha value is -2.59. The van der Waals surface area contributed by atoms with Gasteiger partial charge in [-0.3, -0.25) is 4.79 Å². The second-order valence-electron chi connectivity index (χ2n) is 6.60. The highest BCUT2D eigenvalue weighted by Crippen LogP contribution is 2.29. The first-order valence-electron chi connectivity index (χ1n) is 9.81. The summed E-state index contributed by atoms with van der Waals surface area (Å²) in [6.45, 7) is 2.85. The summed E-state index contributed by atoms with van der Waals surface area (Å²) >= 11 is 5.63. The highest BCUT2D eigenvalue weighted by Gasteiger charge is 2.12. The van der Waals surface area contributed by atoms with Crippen molar-refractivity contribution in [1.29, 1.82) is 0 Å². The second kappa shape index (κ2) is 11.9. The van der Waals surface area contributed by atoms with Crippen LogP contribution in [0.25, 0.3) is 0 Å². The summed E-state index contributed by atoms with van der Waals surface area (Å²) < 4.78 is 18.9. The van der Waals surface area contributed by atoms with Crippen molar-refractivity contribution in [1.82, 2.24) is 5.43 Å². The van der Waals surface area contributed by atoms with Gasteiger partial charge in [-0.1, -0.05) is 28.1 Å². The fourth-order valence-electron chi connectivity index (χ4n) is 2.82. The van der Waals surface area contributed by atoms with E-state index < -0.39 is 0 Å². The van der Waals surface area contributed by atoms with E-state index in [9.17, 15) is 4.79 Å². The molecule has 0 aliphatic carbocycles. The molecule has 0 aliphatic rings. The minimum atomic E-state index is -0.373. The molecule has 1 N–H and O–H groups in total. The lowest BCUT2D eigenvalue weighted by atomic mass is 10.2. The summed E-state index contributed by atoms with van der Waals surface area (Å²) in [4.78, 5) is 12.5. The number of ether oxygens (including phenoxy) is 3. The normalized spacial score (nSPS) is 10.8. The van der Waals surface area contributed by atoms with Gasteiger partial charge in [0.05, 0.1) is 25.5 Å². The highest BCUT2D eigenvalue weighted by atomic mass is 127. The van der Waals surface area contributed by atoms with Crippen molar-refractivity contribution in [2.45, 2.75) is 13.5 Å². The zero-order chi connectivity index (χ0) is 22.9. The van der Waals surface area contributed by atoms with E-state index in [2.05, 4.69) is 49.0 Å². The number of carbonyl (C=O) groups is 1. The number of amides is 1. The Morgan fingerprint density at radius 1 is 1.03 bits per heavy atom. The van der Waals surface area contributed by atoms with Crippen LogP contribution in [0.3, 0.4) is 0 Å². The number of nitrogens with one attached hydrogen (secondary N) is 1. The lowest BCUT2D eigenvalue weighted by Crippen LogP contribution is -2.18. The van der Waals surface area contributed by atoms with Crippen LogP contribution in [0.2, 0.25) is 0 Å². The van der Waals surface area contributed by atoms with Crippen LogP contribution in [0.5, 0.6) is 17.2 Å². The fraction of sp³-hybridized carbons (Fsp3) is 0.167. The quantitative estimate of drug-likeness (QED) is 0.189. The van der Waals surface area contributed by atoms with E-state index in [1.54, 1.807) is 24.4 Å². The standard InChI is InChI=1S/C24H22BrIN2O4/c1-3-31-23-12-17(6-10-22(23)32-15-16-4-8-19(26)9-5-16)14-27-28-24(29)20-13-18(25)7-11-21(20)30-2/h4-14H,3,15H2,1-2H3,(H,28,29)/b27-14-. The van der Waals surface area contributed by atoms with E-state index in [4.69, 9.17) is 14.2 Å². The molecule has 0 aliphatic heterocycles. The predicted molar refractivity (Wildman–Crippen MR) is 137 cm³/mol. The topological polar surface area (TPSA) is 69.2 Å². The third-order valence-corrected chi connectivity index (χ3v) is 5.57. The molecule has 3 aromatic rings. The van der Waals surface area contributed by atoms with Crippen LogP contribution >= 0.6 is 38.5 Å². The van der Waals surface area contributed by atoms with E-state index >= 15 is 0 Å². The van der Waals surface area contributed by atoms with Gasteiger partial charge in [0.15, 0.2) is 11.5 Å². The maximum Gasteiger partial charge on any atom is 0.275 e. The van der Waals surface area contributed by atoms with Crippen LogP contribution in [0.15, 0.2) is 70.2 Å². The van der Waals surface area contributed by atoms with Crippen LogP contribution in [0.4, 0.5) is 0 Å². The van der Waals surface area contributed by atoms with Crippen molar-refractivity contribution in [2.75, 3.05) is 13.7 Å². The zero-order valence-electron chi connectivity index (χ0n) is 17.6. The molecular formula is C24H22BrIN2O4. The first-order chi connectivity index (χ1) is 15.5. The van der Waals surface area contributed by atoms with Crippen LogP contribution in [-0.4, -0.2) is 25.8 Å². The van der Waals surface area contributed by atoms with E-state index in [0.717, 1.165) is 15.6 Å². The van der Waals surface area contributed by atoms with Crippen LogP contribution in [-0.2, 0) is 6.61 Å². The molecular weight excluding hydrogens is 587 g/mol. The fourth-order valence-corrected chi connectivity index (χ4v) is 3.54. The van der Waals surface area contributed by atoms with Crippen molar-refractivity contribution in [3.8, 4) is 17.2 Å². The third-order valence-electron chi connectivity index (χ3n) is 4.36. The summed E-state index contributed by atoms with van der Waals surface area (Å²) in [7, 11) is 1.51. The molecule has 0 bridgehead atoms. The molecule has 3 rings (SSSR count). The molecule has 0 spiro atoms. The van der Waals surface area contributed by atoms with Gasteiger partial charge < -0.3 is 14.2 Å². The number of hydrazone groups is 1. The molecule has 0 saturated heterocycles. The number of nitrogens with zero attached hydrogens (tertiary/aromatic N) is 1. The number of carbonyl (C=O) groups excluding carboxylic acids is 1. The first-order valence-corrected chi connectivity index (χ1v) is 11.7. The highest BCUT2D eigenvalue weighted by molar-refractivity contribution is 14.1. The summed E-state index contributed by atoms with van der Waals surface area (Å²) in [6, 6.07) is 18.8. The van der Waals surface area contributed by atoms with E-state index in [1.165, 1.54) is 10.7 Å². The van der Waals surface area contributed by atoms with Gasteiger partial charge in [0.1, 0.15) is 12.4 Å². The summed E-state index contributed by atoms with van der Waals surface area (Å²) in [5.41, 5.74) is 4.74. The number of benzene rings is 3. The number of hydrogen-bond donors (Lipinski definition) is 1. The molecule has 8 heteroatoms. The number of rotatable bonds is 9. The van der Waals surface area contributed by atoms with Crippen molar-refractivity contribution >= 4 is 50.6 Å². The van der Waals surface area contributed by atoms with Crippen molar-refractivity contribution in [2.24, 2.45) is 5.10 Å². The largest absolute Gasteiger partial charge is 0.496 e. The Labute approximate surface area is 209 Å². The molecule has 1 amide bonds. The van der Waals surface area contributed by atoms with Gasteiger partial charge in [-0.15, -0.1) is 0 Å². The van der Waals surface area contributed by atoms with Crippen molar-refractivity contribution in [3.05, 3.63) is 85.4 Å². The molecule has 0 atom stereocenters. The average molecular weight is 609 g/mol. The van der Waals surface area contributed by atoms with Gasteiger partial charge in [-0.05, 0) is 89.2 Å². The molecule has 6 nitrogen and oxygen atoms in total. The summed E-state index contributed by atoms with van der Waals surface area (Å²) in [5, 5.41) is 4.06. The Morgan fingerprint density at radius 2 is 1.78 bits per heavy atom. The predicted octanol–water partition coefficient (Wildman–Crippen LogP) is 5.80. The maximum atomic E-state index is 12.5. The van der Waals surface area contributed by atoms with Gasteiger partial charge >= 0.3 is 0 Å². The average Bonchev–Trinajstić information content (AvgIpc) is 2.79. The van der Waals surface area contributed by atoms with Crippen molar-refractivity contribution < 1.29 is 19.0 Å². The van der Waals surface area contributed by atoms with Crippen LogP contribution in [0.1, 0.15) is 28.4 Å². The third kappa shape index (κ3) is 6.70. The van der Waals surface area contributed by atoms with Crippen LogP contribution in [0, 0.1) is 3.57 Å². The molecule has 0 aromatic heterocycles. The smallest absolute Gasteiger partial charge is 0.275 e. The van der Waals surface area contributed by atoms with Crippen molar-refractivity contribution in [3.63, 3.8) is 0 Å². The number of halogens is 2. The maximum absolute atomic E-state index is 12.5. The minimum Gasteiger partial charge on any atom is -0.496 e. The van der Waals surface area contributed by atoms with Gasteiger partial charge in [-0.25, -0.2) is 5.43 Å². The van der Waals surface area contributed by atoms with Gasteiger partial charge in [0.25, 0.3) is 5.91 Å². The summed E-state index contributed by atoms with van der Waals surface area (Å²) in [5.74, 6) is 1.35. The van der Waals surface area contributed by atoms with Gasteiger partial charge in [0.2, 0.25) is 0 Å². The molecule has 3 aromatic carbocycles. The molecule has 0 unspecified atom stereocenters.